The Balaban J connectivity index is 1.51. The van der Waals surface area contributed by atoms with Crippen LogP contribution in [0.5, 0.6) is 5.75 Å². The zero-order valence-corrected chi connectivity index (χ0v) is 15.9. The van der Waals surface area contributed by atoms with Gasteiger partial charge in [-0.05, 0) is 49.6 Å². The van der Waals surface area contributed by atoms with Crippen molar-refractivity contribution < 1.29 is 13.2 Å². The van der Waals surface area contributed by atoms with Crippen molar-refractivity contribution >= 4 is 9.84 Å². The first kappa shape index (κ1) is 17.5. The molecule has 0 aliphatic carbocycles. The molecule has 2 saturated heterocycles. The van der Waals surface area contributed by atoms with Crippen molar-refractivity contribution in [1.82, 2.24) is 14.7 Å². The van der Waals surface area contributed by atoms with E-state index in [2.05, 4.69) is 22.1 Å². The van der Waals surface area contributed by atoms with E-state index < -0.39 is 9.84 Å². The maximum Gasteiger partial charge on any atom is 0.157 e. The second-order valence-electron chi connectivity index (χ2n) is 7.28. The predicted octanol–water partition coefficient (Wildman–Crippen LogP) is 2.09. The molecule has 1 aromatic carbocycles. The van der Waals surface area contributed by atoms with E-state index >= 15 is 0 Å². The number of hydrogen-bond donors (Lipinski definition) is 0. The van der Waals surface area contributed by atoms with Crippen molar-refractivity contribution in [3.05, 3.63) is 47.8 Å². The number of likely N-dealkylation sites (tertiary alicyclic amines) is 1. The number of hydrogen-bond acceptors (Lipinski definition) is 5. The summed E-state index contributed by atoms with van der Waals surface area (Å²) in [5.74, 6) is 0.849. The second-order valence-corrected chi connectivity index (χ2v) is 9.80. The van der Waals surface area contributed by atoms with Crippen molar-refractivity contribution in [2.45, 2.75) is 42.9 Å². The van der Waals surface area contributed by atoms with E-state index in [9.17, 15) is 8.42 Å². The van der Waals surface area contributed by atoms with Crippen molar-refractivity contribution in [2.75, 3.05) is 20.2 Å². The van der Waals surface area contributed by atoms with Gasteiger partial charge in [-0.1, -0.05) is 6.07 Å². The lowest BCUT2D eigenvalue weighted by Crippen LogP contribution is -2.32. The first-order valence-corrected chi connectivity index (χ1v) is 10.8. The molecule has 2 aliphatic heterocycles. The molecule has 2 fully saturated rings. The van der Waals surface area contributed by atoms with Crippen LogP contribution in [0.3, 0.4) is 0 Å². The molecule has 2 unspecified atom stereocenters. The van der Waals surface area contributed by atoms with Crippen LogP contribution < -0.4 is 4.74 Å². The number of methoxy groups -OCH3 is 1. The van der Waals surface area contributed by atoms with Gasteiger partial charge in [-0.3, -0.25) is 9.58 Å². The number of rotatable bonds is 5. The molecule has 2 bridgehead atoms. The van der Waals surface area contributed by atoms with E-state index in [0.29, 0.717) is 13.1 Å². The fourth-order valence-corrected chi connectivity index (χ4v) is 6.53. The molecule has 2 aliphatic rings. The molecule has 140 valence electrons. The van der Waals surface area contributed by atoms with Crippen LogP contribution in [0.25, 0.3) is 0 Å². The molecule has 0 N–H and O–H groups in total. The third-order valence-corrected chi connectivity index (χ3v) is 8.33. The Morgan fingerprint density at radius 1 is 1.19 bits per heavy atom. The van der Waals surface area contributed by atoms with Crippen LogP contribution in [0.2, 0.25) is 0 Å². The summed E-state index contributed by atoms with van der Waals surface area (Å²) in [7, 11) is -1.24. The van der Waals surface area contributed by atoms with Gasteiger partial charge in [0.15, 0.2) is 9.84 Å². The van der Waals surface area contributed by atoms with Crippen LogP contribution in [0.1, 0.15) is 30.4 Å². The number of benzene rings is 1. The highest BCUT2D eigenvalue weighted by atomic mass is 32.2. The van der Waals surface area contributed by atoms with Gasteiger partial charge in [0, 0.05) is 31.0 Å². The summed E-state index contributed by atoms with van der Waals surface area (Å²) in [4.78, 5) is 2.29. The minimum Gasteiger partial charge on any atom is -0.496 e. The Morgan fingerprint density at radius 3 is 2.81 bits per heavy atom. The molecule has 1 aromatic heterocycles. The zero-order valence-electron chi connectivity index (χ0n) is 15.0. The van der Waals surface area contributed by atoms with Crippen LogP contribution >= 0.6 is 0 Å². The van der Waals surface area contributed by atoms with Gasteiger partial charge in [-0.2, -0.15) is 5.10 Å². The molecule has 0 amide bonds. The quantitative estimate of drug-likeness (QED) is 0.801. The van der Waals surface area contributed by atoms with Crippen molar-refractivity contribution in [1.29, 1.82) is 0 Å². The van der Waals surface area contributed by atoms with Crippen LogP contribution in [0.4, 0.5) is 0 Å². The number of fused-ring (bicyclic) bond motifs is 2. The Morgan fingerprint density at radius 2 is 2.04 bits per heavy atom. The summed E-state index contributed by atoms with van der Waals surface area (Å²) in [6.07, 6.45) is 6.12. The second kappa shape index (κ2) is 7.04. The minimum atomic E-state index is -2.92. The molecule has 26 heavy (non-hydrogen) atoms. The number of nitrogens with zero attached hydrogens (tertiary/aromatic N) is 3. The molecule has 2 atom stereocenters. The molecule has 7 heteroatoms. The van der Waals surface area contributed by atoms with E-state index in [0.717, 1.165) is 43.7 Å². The van der Waals surface area contributed by atoms with Gasteiger partial charge in [-0.15, -0.1) is 0 Å². The lowest BCUT2D eigenvalue weighted by Gasteiger charge is -2.24. The number of ether oxygens (including phenoxy) is 1. The van der Waals surface area contributed by atoms with E-state index in [1.54, 1.807) is 13.3 Å². The van der Waals surface area contributed by atoms with Crippen LogP contribution in [-0.4, -0.2) is 53.8 Å². The monoisotopic (exact) mass is 375 g/mol. The SMILES string of the molecule is COc1ccc(CN2CCC3CCC(C2)S3(=O)=O)cc1Cn1cccn1. The molecule has 6 nitrogen and oxygen atoms in total. The van der Waals surface area contributed by atoms with Crippen LogP contribution in [0.15, 0.2) is 36.7 Å². The lowest BCUT2D eigenvalue weighted by atomic mass is 10.1. The highest BCUT2D eigenvalue weighted by molar-refractivity contribution is 7.93. The van der Waals surface area contributed by atoms with Crippen LogP contribution in [-0.2, 0) is 22.9 Å². The van der Waals surface area contributed by atoms with Crippen molar-refractivity contribution in [2.24, 2.45) is 0 Å². The van der Waals surface area contributed by atoms with Gasteiger partial charge in [0.25, 0.3) is 0 Å². The Labute approximate surface area is 154 Å². The largest absolute Gasteiger partial charge is 0.496 e. The van der Waals surface area contributed by atoms with Gasteiger partial charge >= 0.3 is 0 Å². The smallest absolute Gasteiger partial charge is 0.157 e. The first-order valence-electron chi connectivity index (χ1n) is 9.14. The van der Waals surface area contributed by atoms with Crippen molar-refractivity contribution in [3.63, 3.8) is 0 Å². The van der Waals surface area contributed by atoms with E-state index in [-0.39, 0.29) is 10.5 Å². The van der Waals surface area contributed by atoms with Gasteiger partial charge < -0.3 is 4.74 Å². The van der Waals surface area contributed by atoms with Gasteiger partial charge in [-0.25, -0.2) is 8.42 Å². The maximum atomic E-state index is 12.5. The summed E-state index contributed by atoms with van der Waals surface area (Å²) in [6.45, 7) is 2.93. The van der Waals surface area contributed by atoms with E-state index in [1.165, 1.54) is 5.56 Å². The van der Waals surface area contributed by atoms with Gasteiger partial charge in [0.05, 0.1) is 24.2 Å². The topological polar surface area (TPSA) is 64.4 Å². The summed E-state index contributed by atoms with van der Waals surface area (Å²) in [5, 5.41) is 3.97. The maximum absolute atomic E-state index is 12.5. The molecular formula is C19H25N3O3S. The first-order chi connectivity index (χ1) is 12.6. The Kier molecular flexibility index (Phi) is 4.75. The van der Waals surface area contributed by atoms with E-state index in [4.69, 9.17) is 4.74 Å². The average molecular weight is 375 g/mol. The molecular weight excluding hydrogens is 350 g/mol. The number of sulfone groups is 1. The third kappa shape index (κ3) is 3.38. The van der Waals surface area contributed by atoms with Gasteiger partial charge in [0.1, 0.15) is 5.75 Å². The standard InChI is InChI=1S/C19H25N3O3S/c1-25-19-6-3-15(11-16(19)13-22-9-2-8-20-22)12-21-10-7-17-4-5-18(14-21)26(17,23)24/h2-3,6,8-9,11,17-18H,4-5,7,10,12-14H2,1H3. The lowest BCUT2D eigenvalue weighted by molar-refractivity contribution is 0.254. The highest BCUT2D eigenvalue weighted by Crippen LogP contribution is 2.33. The predicted molar refractivity (Wildman–Crippen MR) is 99.9 cm³/mol. The fraction of sp³-hybridized carbons (Fsp3) is 0.526. The average Bonchev–Trinajstić information content (AvgIpc) is 3.17. The molecule has 3 heterocycles. The Bertz CT molecular complexity index is 864. The summed E-state index contributed by atoms with van der Waals surface area (Å²) >= 11 is 0. The molecule has 0 radical (unpaired) electrons. The third-order valence-electron chi connectivity index (χ3n) is 5.61. The normalized spacial score (nSPS) is 25.1. The molecule has 2 aromatic rings. The summed E-state index contributed by atoms with van der Waals surface area (Å²) < 4.78 is 32.3. The summed E-state index contributed by atoms with van der Waals surface area (Å²) in [6, 6.07) is 8.12. The zero-order chi connectivity index (χ0) is 18.1. The summed E-state index contributed by atoms with van der Waals surface area (Å²) in [5.41, 5.74) is 2.26. The molecule has 0 spiro atoms. The Hall–Kier alpha value is -1.86. The highest BCUT2D eigenvalue weighted by Gasteiger charge is 2.43. The number of aromatic nitrogens is 2. The van der Waals surface area contributed by atoms with Crippen molar-refractivity contribution in [3.8, 4) is 5.75 Å². The fourth-order valence-electron chi connectivity index (χ4n) is 4.21. The molecule has 4 rings (SSSR count). The minimum absolute atomic E-state index is 0.122. The van der Waals surface area contributed by atoms with Crippen LogP contribution in [0, 0.1) is 0 Å². The van der Waals surface area contributed by atoms with E-state index in [1.807, 2.05) is 23.0 Å². The van der Waals surface area contributed by atoms with Gasteiger partial charge in [0.2, 0.25) is 0 Å². The molecule has 0 saturated carbocycles.